The van der Waals surface area contributed by atoms with Gasteiger partial charge in [-0.3, -0.25) is 4.79 Å². The Bertz CT molecular complexity index is 671. The largest absolute Gasteiger partial charge is 0.508 e. The smallest absolute Gasteiger partial charge is 0.217 e. The monoisotopic (exact) mass is 331 g/mol. The van der Waals surface area contributed by atoms with Gasteiger partial charge in [0.05, 0.1) is 12.2 Å². The van der Waals surface area contributed by atoms with Gasteiger partial charge in [-0.1, -0.05) is 24.3 Å². The molecule has 0 aromatic heterocycles. The van der Waals surface area contributed by atoms with Gasteiger partial charge < -0.3 is 20.3 Å². The molecule has 1 aliphatic carbocycles. The molecule has 0 saturated carbocycles. The van der Waals surface area contributed by atoms with Crippen molar-refractivity contribution in [1.29, 1.82) is 0 Å². The maximum absolute atomic E-state index is 11.8. The minimum Gasteiger partial charge on any atom is -0.508 e. The summed E-state index contributed by atoms with van der Waals surface area (Å²) < 4.78 is 6.21. The van der Waals surface area contributed by atoms with Gasteiger partial charge in [0.2, 0.25) is 5.91 Å². The van der Waals surface area contributed by atoms with Gasteiger partial charge in [-0.15, -0.1) is 0 Å². The van der Waals surface area contributed by atoms with Crippen molar-refractivity contribution in [3.63, 3.8) is 0 Å². The van der Waals surface area contributed by atoms with E-state index >= 15 is 0 Å². The Labute approximate surface area is 142 Å². The lowest BCUT2D eigenvalue weighted by atomic mass is 9.68. The van der Waals surface area contributed by atoms with Gasteiger partial charge in [-0.2, -0.15) is 0 Å². The highest BCUT2D eigenvalue weighted by Crippen LogP contribution is 2.47. The molecule has 3 N–H and O–H groups in total. The number of fused-ring (bicyclic) bond motifs is 1. The first kappa shape index (κ1) is 17.0. The molecule has 5 heteroatoms. The fraction of sp³-hybridized carbons (Fsp3) is 0.526. The van der Waals surface area contributed by atoms with Crippen LogP contribution in [-0.2, 0) is 9.53 Å². The number of phenols is 1. The van der Waals surface area contributed by atoms with E-state index in [9.17, 15) is 15.0 Å². The Morgan fingerprint density at radius 2 is 2.08 bits per heavy atom. The number of ether oxygens (including phenoxy) is 1. The topological polar surface area (TPSA) is 78.8 Å². The molecule has 1 aliphatic heterocycles. The van der Waals surface area contributed by atoms with Crippen LogP contribution >= 0.6 is 0 Å². The number of carbonyl (C=O) groups excluding carboxylic acids is 1. The number of allylic oxidation sites excluding steroid dienone is 1. The number of para-hydroxylation sites is 1. The van der Waals surface area contributed by atoms with Crippen LogP contribution < -0.4 is 5.32 Å². The molecule has 1 fully saturated rings. The van der Waals surface area contributed by atoms with Gasteiger partial charge in [0.25, 0.3) is 0 Å². The van der Waals surface area contributed by atoms with Gasteiger partial charge in [0, 0.05) is 30.4 Å². The van der Waals surface area contributed by atoms with E-state index < -0.39 is 17.7 Å². The molecule has 1 aromatic carbocycles. The summed E-state index contributed by atoms with van der Waals surface area (Å²) in [5.74, 6) is 0.0563. The first-order valence-corrected chi connectivity index (χ1v) is 8.38. The molecule has 0 radical (unpaired) electrons. The highest BCUT2D eigenvalue weighted by atomic mass is 16.5. The molecule has 130 valence electrons. The number of aliphatic hydroxyl groups is 1. The normalized spacial score (nSPS) is 35.8. The molecule has 0 spiro atoms. The van der Waals surface area contributed by atoms with E-state index in [1.165, 1.54) is 6.92 Å². The van der Waals surface area contributed by atoms with Gasteiger partial charge in [-0.25, -0.2) is 0 Å². The average molecular weight is 331 g/mol. The molecule has 1 amide bonds. The minimum absolute atomic E-state index is 0.0118. The van der Waals surface area contributed by atoms with E-state index in [0.29, 0.717) is 12.0 Å². The van der Waals surface area contributed by atoms with Crippen LogP contribution in [-0.4, -0.2) is 33.9 Å². The van der Waals surface area contributed by atoms with Crippen LogP contribution in [0.4, 0.5) is 0 Å². The molecular formula is C19H25NO4. The molecular weight excluding hydrogens is 306 g/mol. The highest BCUT2D eigenvalue weighted by Gasteiger charge is 2.51. The summed E-state index contributed by atoms with van der Waals surface area (Å²) in [5, 5.41) is 23.9. The first-order valence-electron chi connectivity index (χ1n) is 8.38. The maximum atomic E-state index is 11.8. The second kappa shape index (κ2) is 6.22. The maximum Gasteiger partial charge on any atom is 0.217 e. The fourth-order valence-corrected chi connectivity index (χ4v) is 4.10. The molecule has 5 nitrogen and oxygen atoms in total. The summed E-state index contributed by atoms with van der Waals surface area (Å²) in [6.45, 7) is 5.40. The van der Waals surface area contributed by atoms with Gasteiger partial charge in [0.1, 0.15) is 11.9 Å². The van der Waals surface area contributed by atoms with Crippen molar-refractivity contribution >= 4 is 5.91 Å². The SMILES string of the molecule is CC(=O)N[C@@]1(C)C[C@@H](c2ccccc2O)O[C@H]2[C@H](O)C(C)=CC[C@H]21. The lowest BCUT2D eigenvalue weighted by Gasteiger charge is -2.52. The van der Waals surface area contributed by atoms with Crippen LogP contribution in [0.1, 0.15) is 45.3 Å². The van der Waals surface area contributed by atoms with Crippen LogP contribution in [0, 0.1) is 5.92 Å². The number of benzene rings is 1. The van der Waals surface area contributed by atoms with Crippen molar-refractivity contribution in [3.05, 3.63) is 41.5 Å². The summed E-state index contributed by atoms with van der Waals surface area (Å²) in [7, 11) is 0. The molecule has 5 atom stereocenters. The van der Waals surface area contributed by atoms with E-state index in [-0.39, 0.29) is 23.7 Å². The van der Waals surface area contributed by atoms with Crippen molar-refractivity contribution in [2.75, 3.05) is 0 Å². The van der Waals surface area contributed by atoms with Crippen LogP contribution in [0.25, 0.3) is 0 Å². The Balaban J connectivity index is 1.99. The lowest BCUT2D eigenvalue weighted by molar-refractivity contribution is -0.165. The third-order valence-electron chi connectivity index (χ3n) is 5.36. The third kappa shape index (κ3) is 2.94. The van der Waals surface area contributed by atoms with E-state index in [2.05, 4.69) is 5.32 Å². The number of hydrogen-bond donors (Lipinski definition) is 3. The van der Waals surface area contributed by atoms with Gasteiger partial charge >= 0.3 is 0 Å². The number of carbonyl (C=O) groups is 1. The summed E-state index contributed by atoms with van der Waals surface area (Å²) in [6, 6.07) is 7.07. The quantitative estimate of drug-likeness (QED) is 0.727. The van der Waals surface area contributed by atoms with Gasteiger partial charge in [-0.05, 0) is 31.9 Å². The number of rotatable bonds is 2. The van der Waals surface area contributed by atoms with Crippen molar-refractivity contribution in [2.45, 2.75) is 57.5 Å². The van der Waals surface area contributed by atoms with Crippen LogP contribution in [0.2, 0.25) is 0 Å². The van der Waals surface area contributed by atoms with Crippen molar-refractivity contribution in [1.82, 2.24) is 5.32 Å². The number of nitrogens with one attached hydrogen (secondary N) is 1. The zero-order valence-electron chi connectivity index (χ0n) is 14.3. The molecule has 24 heavy (non-hydrogen) atoms. The van der Waals surface area contributed by atoms with E-state index in [1.807, 2.05) is 32.1 Å². The second-order valence-electron chi connectivity index (χ2n) is 7.19. The number of aliphatic hydroxyl groups excluding tert-OH is 1. The minimum atomic E-state index is -0.703. The predicted molar refractivity (Wildman–Crippen MR) is 90.4 cm³/mol. The summed E-state index contributed by atoms with van der Waals surface area (Å²) in [6.07, 6.45) is 1.82. The van der Waals surface area contributed by atoms with E-state index in [4.69, 9.17) is 4.74 Å². The van der Waals surface area contributed by atoms with E-state index in [1.54, 1.807) is 12.1 Å². The molecule has 1 aromatic rings. The summed E-state index contributed by atoms with van der Waals surface area (Å²) >= 11 is 0. The third-order valence-corrected chi connectivity index (χ3v) is 5.36. The summed E-state index contributed by atoms with van der Waals surface area (Å²) in [4.78, 5) is 11.8. The second-order valence-corrected chi connectivity index (χ2v) is 7.19. The number of phenolic OH excluding ortho intramolecular Hbond substituents is 1. The van der Waals surface area contributed by atoms with Crippen LogP contribution in [0.15, 0.2) is 35.9 Å². The van der Waals surface area contributed by atoms with Crippen LogP contribution in [0.5, 0.6) is 5.75 Å². The molecule has 1 saturated heterocycles. The Kier molecular flexibility index (Phi) is 4.40. The Hall–Kier alpha value is -1.85. The zero-order chi connectivity index (χ0) is 17.5. The molecule has 0 bridgehead atoms. The predicted octanol–water partition coefficient (Wildman–Crippen LogP) is 2.44. The van der Waals surface area contributed by atoms with Crippen molar-refractivity contribution in [2.24, 2.45) is 5.92 Å². The average Bonchev–Trinajstić information content (AvgIpc) is 2.50. The van der Waals surface area contributed by atoms with E-state index in [0.717, 1.165) is 12.0 Å². The lowest BCUT2D eigenvalue weighted by Crippen LogP contribution is -2.62. The highest BCUT2D eigenvalue weighted by molar-refractivity contribution is 5.74. The summed E-state index contributed by atoms with van der Waals surface area (Å²) in [5.41, 5.74) is 1.06. The van der Waals surface area contributed by atoms with Gasteiger partial charge in [0.15, 0.2) is 0 Å². The first-order chi connectivity index (χ1) is 11.3. The molecule has 1 heterocycles. The number of hydrogen-bond acceptors (Lipinski definition) is 4. The molecule has 0 unspecified atom stereocenters. The number of aromatic hydroxyl groups is 1. The molecule has 2 aliphatic rings. The standard InChI is InChI=1S/C19H25NO4/c1-11-8-9-14-18(17(11)23)24-16(10-19(14,3)20-12(2)21)13-6-4-5-7-15(13)22/h4-8,14,16-18,22-23H,9-10H2,1-3H3,(H,20,21)/t14-,16+,17-,18-,19+/m1/s1. The van der Waals surface area contributed by atoms with Crippen molar-refractivity contribution < 1.29 is 19.7 Å². The Morgan fingerprint density at radius 1 is 1.38 bits per heavy atom. The Morgan fingerprint density at radius 3 is 2.75 bits per heavy atom. The number of amides is 1. The molecule has 3 rings (SSSR count). The zero-order valence-corrected chi connectivity index (χ0v) is 14.3. The van der Waals surface area contributed by atoms with Crippen molar-refractivity contribution in [3.8, 4) is 5.75 Å². The van der Waals surface area contributed by atoms with Crippen LogP contribution in [0.3, 0.4) is 0 Å². The fourth-order valence-electron chi connectivity index (χ4n) is 4.10.